The van der Waals surface area contributed by atoms with Crippen LogP contribution in [0.4, 0.5) is 5.69 Å². The third-order valence-electron chi connectivity index (χ3n) is 3.69. The van der Waals surface area contributed by atoms with Crippen molar-refractivity contribution in [2.24, 2.45) is 0 Å². The Kier molecular flexibility index (Phi) is 3.11. The molecule has 19 heavy (non-hydrogen) atoms. The van der Waals surface area contributed by atoms with Crippen molar-refractivity contribution >= 4 is 17.3 Å². The third kappa shape index (κ3) is 2.17. The van der Waals surface area contributed by atoms with Crippen molar-refractivity contribution in [3.05, 3.63) is 58.1 Å². The fourth-order valence-corrected chi connectivity index (χ4v) is 2.86. The first-order valence-electron chi connectivity index (χ1n) is 6.37. The second-order valence-electron chi connectivity index (χ2n) is 4.90. The number of hydrogen-bond donors (Lipinski definition) is 1. The quantitative estimate of drug-likeness (QED) is 0.877. The highest BCUT2D eigenvalue weighted by atomic mass is 35.5. The number of nitrogens with one attached hydrogen (secondary N) is 1. The third-order valence-corrected chi connectivity index (χ3v) is 4.04. The molecule has 98 valence electrons. The molecule has 1 aliphatic rings. The van der Waals surface area contributed by atoms with E-state index in [1.807, 2.05) is 18.2 Å². The molecule has 2 aromatic carbocycles. The van der Waals surface area contributed by atoms with E-state index in [1.54, 1.807) is 7.11 Å². The Morgan fingerprint density at radius 2 is 2.11 bits per heavy atom. The number of rotatable bonds is 2. The first kappa shape index (κ1) is 12.4. The van der Waals surface area contributed by atoms with Crippen LogP contribution in [0, 0.1) is 6.92 Å². The van der Waals surface area contributed by atoms with E-state index in [0.29, 0.717) is 0 Å². The van der Waals surface area contributed by atoms with Gasteiger partial charge in [0.1, 0.15) is 5.75 Å². The lowest BCUT2D eigenvalue weighted by Gasteiger charge is -2.13. The van der Waals surface area contributed by atoms with Crippen LogP contribution in [-0.4, -0.2) is 7.11 Å². The van der Waals surface area contributed by atoms with Crippen molar-refractivity contribution in [3.63, 3.8) is 0 Å². The molecule has 1 unspecified atom stereocenters. The molecule has 0 spiro atoms. The summed E-state index contributed by atoms with van der Waals surface area (Å²) in [5.74, 6) is 0.887. The Morgan fingerprint density at radius 1 is 1.26 bits per heavy atom. The van der Waals surface area contributed by atoms with Crippen molar-refractivity contribution in [1.29, 1.82) is 0 Å². The molecular weight excluding hydrogens is 258 g/mol. The maximum absolute atomic E-state index is 6.29. The van der Waals surface area contributed by atoms with Gasteiger partial charge >= 0.3 is 0 Å². The van der Waals surface area contributed by atoms with Crippen molar-refractivity contribution in [2.75, 3.05) is 12.4 Å². The smallest absolute Gasteiger partial charge is 0.119 e. The second kappa shape index (κ2) is 4.78. The summed E-state index contributed by atoms with van der Waals surface area (Å²) in [5, 5.41) is 4.42. The molecule has 0 fully saturated rings. The van der Waals surface area contributed by atoms with Crippen molar-refractivity contribution in [1.82, 2.24) is 0 Å². The van der Waals surface area contributed by atoms with Gasteiger partial charge in [-0.25, -0.2) is 0 Å². The number of halogens is 1. The van der Waals surface area contributed by atoms with Gasteiger partial charge in [-0.3, -0.25) is 0 Å². The number of hydrogen-bond acceptors (Lipinski definition) is 2. The van der Waals surface area contributed by atoms with E-state index in [0.717, 1.165) is 17.2 Å². The molecule has 1 atom stereocenters. The highest BCUT2D eigenvalue weighted by Gasteiger charge is 2.25. The molecule has 1 aliphatic heterocycles. The number of ether oxygens (including phenoxy) is 1. The molecule has 1 heterocycles. The summed E-state index contributed by atoms with van der Waals surface area (Å²) in [6.07, 6.45) is 0.920. The molecule has 3 heteroatoms. The maximum atomic E-state index is 6.29. The summed E-state index contributed by atoms with van der Waals surface area (Å²) in [7, 11) is 1.69. The number of aryl methyl sites for hydroxylation is 1. The van der Waals surface area contributed by atoms with Gasteiger partial charge in [-0.2, -0.15) is 0 Å². The molecular formula is C16H16ClNO. The van der Waals surface area contributed by atoms with Crippen molar-refractivity contribution in [3.8, 4) is 5.75 Å². The minimum atomic E-state index is 0.267. The standard InChI is InChI=1S/C16H16ClNO/c1-10-6-7-14(17)13-9-15(18-16(10)13)11-4-3-5-12(8-11)19-2/h3-8,15,18H,9H2,1-2H3. The van der Waals surface area contributed by atoms with Gasteiger partial charge < -0.3 is 10.1 Å². The summed E-state index contributed by atoms with van der Waals surface area (Å²) >= 11 is 6.29. The zero-order chi connectivity index (χ0) is 13.4. The number of fused-ring (bicyclic) bond motifs is 1. The van der Waals surface area contributed by atoms with Crippen LogP contribution in [0.25, 0.3) is 0 Å². The maximum Gasteiger partial charge on any atom is 0.119 e. The molecule has 0 bridgehead atoms. The van der Waals surface area contributed by atoms with E-state index < -0.39 is 0 Å². The molecule has 0 saturated heterocycles. The molecule has 1 N–H and O–H groups in total. The lowest BCUT2D eigenvalue weighted by Crippen LogP contribution is -2.06. The largest absolute Gasteiger partial charge is 0.497 e. The predicted octanol–water partition coefficient (Wildman–Crippen LogP) is 4.37. The zero-order valence-electron chi connectivity index (χ0n) is 11.0. The van der Waals surface area contributed by atoms with E-state index in [2.05, 4.69) is 30.4 Å². The van der Waals surface area contributed by atoms with Gasteiger partial charge in [0.2, 0.25) is 0 Å². The second-order valence-corrected chi connectivity index (χ2v) is 5.30. The fourth-order valence-electron chi connectivity index (χ4n) is 2.63. The molecule has 3 rings (SSSR count). The molecule has 0 aliphatic carbocycles. The Hall–Kier alpha value is -1.67. The minimum Gasteiger partial charge on any atom is -0.497 e. The lowest BCUT2D eigenvalue weighted by atomic mass is 10.0. The number of benzene rings is 2. The van der Waals surface area contributed by atoms with E-state index in [-0.39, 0.29) is 6.04 Å². The normalized spacial score (nSPS) is 16.9. The SMILES string of the molecule is COc1cccc(C2Cc3c(Cl)ccc(C)c3N2)c1. The first-order valence-corrected chi connectivity index (χ1v) is 6.75. The summed E-state index contributed by atoms with van der Waals surface area (Å²) < 4.78 is 5.29. The van der Waals surface area contributed by atoms with Crippen molar-refractivity contribution < 1.29 is 4.74 Å². The van der Waals surface area contributed by atoms with Gasteiger partial charge in [0.05, 0.1) is 13.2 Å². The average Bonchev–Trinajstić information content (AvgIpc) is 2.89. The van der Waals surface area contributed by atoms with E-state index in [9.17, 15) is 0 Å². The first-order chi connectivity index (χ1) is 9.19. The number of anilines is 1. The Balaban J connectivity index is 1.95. The van der Waals surface area contributed by atoms with Gasteiger partial charge in [0.25, 0.3) is 0 Å². The zero-order valence-corrected chi connectivity index (χ0v) is 11.8. The molecule has 0 aromatic heterocycles. The summed E-state index contributed by atoms with van der Waals surface area (Å²) in [5.41, 5.74) is 4.87. The Labute approximate surface area is 118 Å². The van der Waals surface area contributed by atoms with Crippen LogP contribution in [0.5, 0.6) is 5.75 Å². The van der Waals surface area contributed by atoms with Crippen LogP contribution in [0.1, 0.15) is 22.7 Å². The monoisotopic (exact) mass is 273 g/mol. The van der Waals surface area contributed by atoms with Crippen LogP contribution in [-0.2, 0) is 6.42 Å². The van der Waals surface area contributed by atoms with Gasteiger partial charge in [0.15, 0.2) is 0 Å². The van der Waals surface area contributed by atoms with E-state index in [1.165, 1.54) is 22.4 Å². The van der Waals surface area contributed by atoms with Gasteiger partial charge in [-0.05, 0) is 41.8 Å². The van der Waals surface area contributed by atoms with E-state index in [4.69, 9.17) is 16.3 Å². The lowest BCUT2D eigenvalue weighted by molar-refractivity contribution is 0.414. The van der Waals surface area contributed by atoms with E-state index >= 15 is 0 Å². The van der Waals surface area contributed by atoms with Crippen LogP contribution in [0.2, 0.25) is 5.02 Å². The van der Waals surface area contributed by atoms with Crippen LogP contribution in [0.15, 0.2) is 36.4 Å². The molecule has 0 radical (unpaired) electrons. The Bertz CT molecular complexity index is 593. The van der Waals surface area contributed by atoms with Crippen LogP contribution in [0.3, 0.4) is 0 Å². The van der Waals surface area contributed by atoms with Crippen LogP contribution < -0.4 is 10.1 Å². The molecule has 2 aromatic rings. The summed E-state index contributed by atoms with van der Waals surface area (Å²) in [6, 6.07) is 12.5. The van der Waals surface area contributed by atoms with Crippen molar-refractivity contribution in [2.45, 2.75) is 19.4 Å². The topological polar surface area (TPSA) is 21.3 Å². The predicted molar refractivity (Wildman–Crippen MR) is 79.3 cm³/mol. The highest BCUT2D eigenvalue weighted by molar-refractivity contribution is 6.31. The fraction of sp³-hybridized carbons (Fsp3) is 0.250. The molecule has 0 saturated carbocycles. The molecule has 2 nitrogen and oxygen atoms in total. The van der Waals surface area contributed by atoms with Crippen LogP contribution >= 0.6 is 11.6 Å². The highest BCUT2D eigenvalue weighted by Crippen LogP contribution is 2.40. The average molecular weight is 274 g/mol. The Morgan fingerprint density at radius 3 is 2.84 bits per heavy atom. The van der Waals surface area contributed by atoms with Gasteiger partial charge in [-0.15, -0.1) is 0 Å². The minimum absolute atomic E-state index is 0.267. The number of methoxy groups -OCH3 is 1. The summed E-state index contributed by atoms with van der Waals surface area (Å²) in [4.78, 5) is 0. The summed E-state index contributed by atoms with van der Waals surface area (Å²) in [6.45, 7) is 2.11. The van der Waals surface area contributed by atoms with Gasteiger partial charge in [0, 0.05) is 17.1 Å². The molecule has 0 amide bonds. The van der Waals surface area contributed by atoms with Gasteiger partial charge in [-0.1, -0.05) is 29.8 Å².